The van der Waals surface area contributed by atoms with Crippen LogP contribution in [0.4, 0.5) is 0 Å². The monoisotopic (exact) mass is 414 g/mol. The first-order chi connectivity index (χ1) is 13.9. The molecule has 2 aromatic rings. The van der Waals surface area contributed by atoms with Crippen LogP contribution in [0.25, 0.3) is 0 Å². The number of piperidine rings is 1. The van der Waals surface area contributed by atoms with E-state index < -0.39 is 10.0 Å². The Morgan fingerprint density at radius 1 is 1.31 bits per heavy atom. The third kappa shape index (κ3) is 4.04. The Bertz CT molecular complexity index is 1070. The average Bonchev–Trinajstić information content (AvgIpc) is 3.44. The molecule has 9 heteroatoms. The highest BCUT2D eigenvalue weighted by Gasteiger charge is 2.35. The predicted molar refractivity (Wildman–Crippen MR) is 103 cm³/mol. The van der Waals surface area contributed by atoms with E-state index >= 15 is 0 Å². The molecule has 2 fully saturated rings. The lowest BCUT2D eigenvalue weighted by atomic mass is 10.0. The molecule has 1 aromatic heterocycles. The molecule has 152 valence electrons. The highest BCUT2D eigenvalue weighted by Crippen LogP contribution is 2.40. The summed E-state index contributed by atoms with van der Waals surface area (Å²) < 4.78 is 32.7. The van der Waals surface area contributed by atoms with Gasteiger partial charge < -0.3 is 9.84 Å². The molecule has 2 heterocycles. The third-order valence-electron chi connectivity index (χ3n) is 5.46. The number of hydrogen-bond acceptors (Lipinski definition) is 6. The van der Waals surface area contributed by atoms with Crippen LogP contribution in [-0.2, 0) is 10.0 Å². The number of aromatic nitrogens is 1. The maximum absolute atomic E-state index is 13.0. The Hall–Kier alpha value is -2.70. The number of nitriles is 1. The van der Waals surface area contributed by atoms with E-state index in [0.717, 1.165) is 18.6 Å². The van der Waals surface area contributed by atoms with Crippen molar-refractivity contribution >= 4 is 15.9 Å². The summed E-state index contributed by atoms with van der Waals surface area (Å²) in [5, 5.41) is 15.8. The number of sulfonamides is 1. The zero-order valence-corrected chi connectivity index (χ0v) is 16.9. The van der Waals surface area contributed by atoms with E-state index in [0.29, 0.717) is 24.3 Å². The van der Waals surface area contributed by atoms with Crippen LogP contribution >= 0.6 is 0 Å². The van der Waals surface area contributed by atoms with Gasteiger partial charge in [-0.15, -0.1) is 0 Å². The number of amides is 1. The Balaban J connectivity index is 1.40. The Morgan fingerprint density at radius 3 is 2.79 bits per heavy atom. The van der Waals surface area contributed by atoms with Crippen molar-refractivity contribution in [1.82, 2.24) is 14.8 Å². The molecule has 1 aromatic carbocycles. The average molecular weight is 414 g/mol. The van der Waals surface area contributed by atoms with Gasteiger partial charge >= 0.3 is 0 Å². The van der Waals surface area contributed by atoms with Gasteiger partial charge in [-0.05, 0) is 50.8 Å². The van der Waals surface area contributed by atoms with Crippen molar-refractivity contribution in [3.8, 4) is 6.07 Å². The van der Waals surface area contributed by atoms with E-state index in [1.54, 1.807) is 18.2 Å². The van der Waals surface area contributed by atoms with Crippen molar-refractivity contribution in [2.75, 3.05) is 6.54 Å². The molecule has 1 saturated carbocycles. The maximum atomic E-state index is 13.0. The third-order valence-corrected chi connectivity index (χ3v) is 7.47. The van der Waals surface area contributed by atoms with Gasteiger partial charge in [0.25, 0.3) is 5.91 Å². The van der Waals surface area contributed by atoms with Gasteiger partial charge in [0.1, 0.15) is 5.76 Å². The molecule has 1 saturated heterocycles. The van der Waals surface area contributed by atoms with Crippen LogP contribution in [0.3, 0.4) is 0 Å². The molecular formula is C20H22N4O4S. The van der Waals surface area contributed by atoms with Crippen LogP contribution in [0.15, 0.2) is 39.8 Å². The second-order valence-electron chi connectivity index (χ2n) is 7.69. The van der Waals surface area contributed by atoms with Crippen molar-refractivity contribution in [2.24, 2.45) is 0 Å². The first-order valence-electron chi connectivity index (χ1n) is 9.68. The minimum atomic E-state index is -3.70. The number of nitrogens with one attached hydrogen (secondary N) is 1. The number of hydrogen-bond donors (Lipinski definition) is 1. The topological polar surface area (TPSA) is 116 Å². The van der Waals surface area contributed by atoms with Crippen LogP contribution in [0.1, 0.15) is 60.3 Å². The van der Waals surface area contributed by atoms with Gasteiger partial charge in [0.15, 0.2) is 5.69 Å². The summed E-state index contributed by atoms with van der Waals surface area (Å²) in [7, 11) is -3.70. The number of carbonyl (C=O) groups is 1. The molecule has 29 heavy (non-hydrogen) atoms. The molecule has 1 aliphatic carbocycles. The second-order valence-corrected chi connectivity index (χ2v) is 9.58. The summed E-state index contributed by atoms with van der Waals surface area (Å²) in [5.41, 5.74) is 0.571. The van der Waals surface area contributed by atoms with Gasteiger partial charge in [-0.3, -0.25) is 4.79 Å². The minimum absolute atomic E-state index is 0.112. The van der Waals surface area contributed by atoms with Gasteiger partial charge in [0, 0.05) is 30.6 Å². The van der Waals surface area contributed by atoms with E-state index in [1.165, 1.54) is 16.4 Å². The Morgan fingerprint density at radius 2 is 2.10 bits per heavy atom. The van der Waals surface area contributed by atoms with Crippen molar-refractivity contribution in [1.29, 1.82) is 5.26 Å². The van der Waals surface area contributed by atoms with Gasteiger partial charge in [0.05, 0.1) is 16.5 Å². The molecule has 0 spiro atoms. The molecule has 2 atom stereocenters. The SMILES string of the molecule is C[C@H]1C[C@H](NC(=O)c2cc(C3CC3)on2)CCN1S(=O)(=O)c1cccc(C#N)c1. The first-order valence-corrected chi connectivity index (χ1v) is 11.1. The van der Waals surface area contributed by atoms with Crippen LogP contribution in [0.2, 0.25) is 0 Å². The molecule has 1 aliphatic heterocycles. The Kier molecular flexibility index (Phi) is 5.15. The highest BCUT2D eigenvalue weighted by atomic mass is 32.2. The smallest absolute Gasteiger partial charge is 0.273 e. The molecule has 1 amide bonds. The first kappa shape index (κ1) is 19.6. The molecule has 1 N–H and O–H groups in total. The van der Waals surface area contributed by atoms with Gasteiger partial charge in [0.2, 0.25) is 10.0 Å². The fourth-order valence-corrected chi connectivity index (χ4v) is 5.42. The predicted octanol–water partition coefficient (Wildman–Crippen LogP) is 2.40. The summed E-state index contributed by atoms with van der Waals surface area (Å²) in [6.45, 7) is 2.11. The summed E-state index contributed by atoms with van der Waals surface area (Å²) in [5.74, 6) is 0.844. The van der Waals surface area contributed by atoms with Crippen molar-refractivity contribution in [3.05, 3.63) is 47.3 Å². The molecule has 0 unspecified atom stereocenters. The fraction of sp³-hybridized carbons (Fsp3) is 0.450. The van der Waals surface area contributed by atoms with Crippen LogP contribution in [-0.4, -0.2) is 42.4 Å². The van der Waals surface area contributed by atoms with Crippen molar-refractivity contribution in [3.63, 3.8) is 0 Å². The Labute approximate surface area is 169 Å². The van der Waals surface area contributed by atoms with Gasteiger partial charge in [-0.2, -0.15) is 9.57 Å². The minimum Gasteiger partial charge on any atom is -0.360 e. The lowest BCUT2D eigenvalue weighted by Gasteiger charge is -2.36. The number of nitrogens with zero attached hydrogens (tertiary/aromatic N) is 3. The van der Waals surface area contributed by atoms with Crippen LogP contribution in [0, 0.1) is 11.3 Å². The van der Waals surface area contributed by atoms with E-state index in [9.17, 15) is 13.2 Å². The molecular weight excluding hydrogens is 392 g/mol. The van der Waals surface area contributed by atoms with E-state index in [-0.39, 0.29) is 35.1 Å². The van der Waals surface area contributed by atoms with E-state index in [4.69, 9.17) is 9.78 Å². The summed E-state index contributed by atoms with van der Waals surface area (Å²) >= 11 is 0. The standard InChI is InChI=1S/C20H22N4O4S/c1-13-9-16(22-20(25)18-11-19(28-23-18)15-5-6-15)7-8-24(13)29(26,27)17-4-2-3-14(10-17)12-21/h2-4,10-11,13,15-16H,5-9H2,1H3,(H,22,25)/t13-,16+/m0/s1. The largest absolute Gasteiger partial charge is 0.360 e. The lowest BCUT2D eigenvalue weighted by molar-refractivity contribution is 0.0905. The molecule has 4 rings (SSSR count). The van der Waals surface area contributed by atoms with Gasteiger partial charge in [-0.1, -0.05) is 11.2 Å². The molecule has 0 bridgehead atoms. The van der Waals surface area contributed by atoms with Crippen LogP contribution in [0.5, 0.6) is 0 Å². The number of carbonyl (C=O) groups excluding carboxylic acids is 1. The quantitative estimate of drug-likeness (QED) is 0.803. The fourth-order valence-electron chi connectivity index (χ4n) is 3.72. The number of benzene rings is 1. The van der Waals surface area contributed by atoms with E-state index in [1.807, 2.05) is 13.0 Å². The van der Waals surface area contributed by atoms with Crippen molar-refractivity contribution in [2.45, 2.75) is 55.5 Å². The zero-order valence-electron chi connectivity index (χ0n) is 16.0. The van der Waals surface area contributed by atoms with Crippen LogP contribution < -0.4 is 5.32 Å². The summed E-state index contributed by atoms with van der Waals surface area (Å²) in [4.78, 5) is 12.6. The summed E-state index contributed by atoms with van der Waals surface area (Å²) in [6.07, 6.45) is 3.13. The number of rotatable bonds is 5. The lowest BCUT2D eigenvalue weighted by Crippen LogP contribution is -2.50. The second kappa shape index (κ2) is 7.61. The van der Waals surface area contributed by atoms with Gasteiger partial charge in [-0.25, -0.2) is 8.42 Å². The maximum Gasteiger partial charge on any atom is 0.273 e. The summed E-state index contributed by atoms with van der Waals surface area (Å²) in [6, 6.07) is 9.25. The molecule has 8 nitrogen and oxygen atoms in total. The van der Waals surface area contributed by atoms with E-state index in [2.05, 4.69) is 10.5 Å². The highest BCUT2D eigenvalue weighted by molar-refractivity contribution is 7.89. The molecule has 0 radical (unpaired) electrons. The zero-order chi connectivity index (χ0) is 20.6. The van der Waals surface area contributed by atoms with Crippen molar-refractivity contribution < 1.29 is 17.7 Å². The molecule has 2 aliphatic rings. The normalized spacial score (nSPS) is 22.8.